The Balaban J connectivity index is 2.14. The second kappa shape index (κ2) is 5.72. The molecule has 0 aliphatic carbocycles. The highest BCUT2D eigenvalue weighted by Crippen LogP contribution is 2.34. The third kappa shape index (κ3) is 2.52. The maximum absolute atomic E-state index is 12.1. The van der Waals surface area contributed by atoms with Crippen LogP contribution >= 0.6 is 23.2 Å². The summed E-state index contributed by atoms with van der Waals surface area (Å²) in [4.78, 5) is 21.1. The number of nitrogens with zero attached hydrogens (tertiary/aromatic N) is 3. The van der Waals surface area contributed by atoms with Gasteiger partial charge in [-0.2, -0.15) is 0 Å². The van der Waals surface area contributed by atoms with Crippen molar-refractivity contribution in [3.8, 4) is 11.3 Å². The summed E-state index contributed by atoms with van der Waals surface area (Å²) in [6.07, 6.45) is 3.54. The SMILES string of the molecule is Cc1cc2c(ccn3c(C(N)=O)c(-c4ccc(Cl)cc4Cl)nc23)cn1. The molecule has 0 unspecified atom stereocenters. The fraction of sp³-hybridized carbons (Fsp3) is 0.0556. The van der Waals surface area contributed by atoms with Crippen LogP contribution in [0.15, 0.2) is 42.7 Å². The normalized spacial score (nSPS) is 11.3. The number of rotatable bonds is 2. The van der Waals surface area contributed by atoms with E-state index in [-0.39, 0.29) is 5.69 Å². The van der Waals surface area contributed by atoms with Gasteiger partial charge in [0.1, 0.15) is 17.0 Å². The van der Waals surface area contributed by atoms with Crippen LogP contribution in [0.4, 0.5) is 0 Å². The molecule has 0 atom stereocenters. The lowest BCUT2D eigenvalue weighted by molar-refractivity contribution is 0.0995. The number of amides is 1. The van der Waals surface area contributed by atoms with Gasteiger partial charge in [-0.15, -0.1) is 0 Å². The molecule has 0 radical (unpaired) electrons. The molecule has 25 heavy (non-hydrogen) atoms. The average molecular weight is 371 g/mol. The standard InChI is InChI=1S/C18H12Cl2N4O/c1-9-6-13-10(8-22-9)4-5-24-16(17(21)25)15(23-18(13)24)12-3-2-11(19)7-14(12)20/h2-8H,1H3,(H2,21,25). The van der Waals surface area contributed by atoms with Crippen LogP contribution in [0.1, 0.15) is 16.2 Å². The molecule has 0 fully saturated rings. The van der Waals surface area contributed by atoms with Gasteiger partial charge in [0.25, 0.3) is 5.91 Å². The quantitative estimate of drug-likeness (QED) is 0.572. The van der Waals surface area contributed by atoms with E-state index in [4.69, 9.17) is 28.9 Å². The highest BCUT2D eigenvalue weighted by molar-refractivity contribution is 6.36. The topological polar surface area (TPSA) is 73.3 Å². The Bertz CT molecular complexity index is 1170. The van der Waals surface area contributed by atoms with Crippen molar-refractivity contribution in [2.24, 2.45) is 5.73 Å². The Kier molecular flexibility index (Phi) is 3.63. The molecule has 124 valence electrons. The molecule has 7 heteroatoms. The monoisotopic (exact) mass is 370 g/mol. The molecule has 3 heterocycles. The van der Waals surface area contributed by atoms with E-state index in [0.29, 0.717) is 26.9 Å². The summed E-state index contributed by atoms with van der Waals surface area (Å²) in [7, 11) is 0. The van der Waals surface area contributed by atoms with Crippen LogP contribution in [-0.4, -0.2) is 20.3 Å². The third-order valence-corrected chi connectivity index (χ3v) is 4.59. The van der Waals surface area contributed by atoms with Crippen molar-refractivity contribution in [2.75, 3.05) is 0 Å². The lowest BCUT2D eigenvalue weighted by Gasteiger charge is -2.04. The molecule has 0 saturated heterocycles. The Labute approximate surface area is 153 Å². The number of carbonyl (C=O) groups is 1. The predicted octanol–water partition coefficient (Wildman–Crippen LogP) is 4.26. The first kappa shape index (κ1) is 15.9. The summed E-state index contributed by atoms with van der Waals surface area (Å²) in [6, 6.07) is 8.84. The van der Waals surface area contributed by atoms with Gasteiger partial charge in [0.2, 0.25) is 0 Å². The molecule has 1 aromatic carbocycles. The van der Waals surface area contributed by atoms with Gasteiger partial charge in [-0.05, 0) is 37.3 Å². The number of carbonyl (C=O) groups excluding carboxylic acids is 1. The maximum atomic E-state index is 12.1. The number of hydrogen-bond acceptors (Lipinski definition) is 3. The molecule has 0 spiro atoms. The molecule has 2 N–H and O–H groups in total. The first-order valence-electron chi connectivity index (χ1n) is 7.48. The highest BCUT2D eigenvalue weighted by atomic mass is 35.5. The number of benzene rings is 1. The Morgan fingerprint density at radius 3 is 2.72 bits per heavy atom. The number of imidazole rings is 1. The summed E-state index contributed by atoms with van der Waals surface area (Å²) in [5.41, 5.74) is 8.42. The highest BCUT2D eigenvalue weighted by Gasteiger charge is 2.21. The summed E-state index contributed by atoms with van der Waals surface area (Å²) in [5.74, 6) is -0.585. The van der Waals surface area contributed by atoms with E-state index in [0.717, 1.165) is 16.5 Å². The van der Waals surface area contributed by atoms with Crippen molar-refractivity contribution >= 4 is 45.5 Å². The van der Waals surface area contributed by atoms with Crippen molar-refractivity contribution in [2.45, 2.75) is 6.92 Å². The maximum Gasteiger partial charge on any atom is 0.268 e. The van der Waals surface area contributed by atoms with Crippen LogP contribution in [-0.2, 0) is 0 Å². The zero-order chi connectivity index (χ0) is 17.7. The molecular formula is C18H12Cl2N4O. The van der Waals surface area contributed by atoms with Crippen LogP contribution in [0.2, 0.25) is 10.0 Å². The molecule has 4 rings (SSSR count). The van der Waals surface area contributed by atoms with Crippen molar-refractivity contribution in [3.05, 3.63) is 64.2 Å². The smallest absolute Gasteiger partial charge is 0.268 e. The van der Waals surface area contributed by atoms with Crippen LogP contribution in [0.3, 0.4) is 0 Å². The van der Waals surface area contributed by atoms with Gasteiger partial charge < -0.3 is 5.73 Å². The van der Waals surface area contributed by atoms with Crippen molar-refractivity contribution < 1.29 is 4.79 Å². The van der Waals surface area contributed by atoms with E-state index in [9.17, 15) is 4.79 Å². The van der Waals surface area contributed by atoms with Gasteiger partial charge in [-0.1, -0.05) is 23.2 Å². The molecule has 4 aromatic rings. The van der Waals surface area contributed by atoms with Gasteiger partial charge in [-0.25, -0.2) is 4.98 Å². The summed E-state index contributed by atoms with van der Waals surface area (Å²) < 4.78 is 1.68. The fourth-order valence-corrected chi connectivity index (χ4v) is 3.42. The zero-order valence-corrected chi connectivity index (χ0v) is 14.6. The summed E-state index contributed by atoms with van der Waals surface area (Å²) in [5, 5.41) is 2.72. The molecule has 1 amide bonds. The molecule has 0 bridgehead atoms. The number of nitrogens with two attached hydrogens (primary N) is 1. The summed E-state index contributed by atoms with van der Waals surface area (Å²) >= 11 is 12.3. The molecule has 3 aromatic heterocycles. The second-order valence-electron chi connectivity index (χ2n) is 5.72. The van der Waals surface area contributed by atoms with Crippen LogP contribution in [0.25, 0.3) is 27.7 Å². The second-order valence-corrected chi connectivity index (χ2v) is 6.56. The Hall–Kier alpha value is -2.63. The molecule has 5 nitrogen and oxygen atoms in total. The van der Waals surface area contributed by atoms with Gasteiger partial charge in [0.05, 0.1) is 5.02 Å². The molecule has 0 saturated carbocycles. The van der Waals surface area contributed by atoms with Crippen molar-refractivity contribution in [1.29, 1.82) is 0 Å². The van der Waals surface area contributed by atoms with Gasteiger partial charge in [0, 0.05) is 39.4 Å². The fourth-order valence-electron chi connectivity index (χ4n) is 2.92. The van der Waals surface area contributed by atoms with E-state index < -0.39 is 5.91 Å². The van der Waals surface area contributed by atoms with Gasteiger partial charge in [-0.3, -0.25) is 14.2 Å². The minimum absolute atomic E-state index is 0.274. The molecular weight excluding hydrogens is 359 g/mol. The minimum Gasteiger partial charge on any atom is -0.364 e. The first-order chi connectivity index (χ1) is 12.0. The Morgan fingerprint density at radius 1 is 1.20 bits per heavy atom. The predicted molar refractivity (Wildman–Crippen MR) is 99.2 cm³/mol. The minimum atomic E-state index is -0.585. The largest absolute Gasteiger partial charge is 0.364 e. The van der Waals surface area contributed by atoms with E-state index in [1.807, 2.05) is 19.1 Å². The van der Waals surface area contributed by atoms with E-state index in [1.54, 1.807) is 35.0 Å². The van der Waals surface area contributed by atoms with Crippen LogP contribution in [0, 0.1) is 6.92 Å². The number of pyridine rings is 2. The number of hydrogen-bond donors (Lipinski definition) is 1. The van der Waals surface area contributed by atoms with Gasteiger partial charge in [0.15, 0.2) is 0 Å². The van der Waals surface area contributed by atoms with Crippen molar-refractivity contribution in [1.82, 2.24) is 14.4 Å². The lowest BCUT2D eigenvalue weighted by Crippen LogP contribution is -2.15. The first-order valence-corrected chi connectivity index (χ1v) is 8.24. The van der Waals surface area contributed by atoms with Gasteiger partial charge >= 0.3 is 0 Å². The van der Waals surface area contributed by atoms with Crippen molar-refractivity contribution in [3.63, 3.8) is 0 Å². The number of halogens is 2. The summed E-state index contributed by atoms with van der Waals surface area (Å²) in [6.45, 7) is 1.90. The zero-order valence-electron chi connectivity index (χ0n) is 13.1. The number of aromatic nitrogens is 3. The van der Waals surface area contributed by atoms with Crippen LogP contribution < -0.4 is 5.73 Å². The molecule has 0 aliphatic rings. The third-order valence-electron chi connectivity index (χ3n) is 4.05. The van der Waals surface area contributed by atoms with E-state index in [2.05, 4.69) is 9.97 Å². The van der Waals surface area contributed by atoms with E-state index in [1.165, 1.54) is 0 Å². The Morgan fingerprint density at radius 2 is 2.00 bits per heavy atom. The average Bonchev–Trinajstić information content (AvgIpc) is 2.94. The number of fused-ring (bicyclic) bond motifs is 3. The number of aryl methyl sites for hydroxylation is 1. The molecule has 0 aliphatic heterocycles. The lowest BCUT2D eigenvalue weighted by atomic mass is 10.1. The van der Waals surface area contributed by atoms with E-state index >= 15 is 0 Å². The van der Waals surface area contributed by atoms with Crippen LogP contribution in [0.5, 0.6) is 0 Å². The number of primary amides is 1.